The minimum atomic E-state index is -0.758. The molecule has 0 aromatic heterocycles. The topological polar surface area (TPSA) is 75.7 Å². The number of rotatable bonds is 6. The number of barbiturate groups is 1. The van der Waals surface area contributed by atoms with Gasteiger partial charge in [0.1, 0.15) is 12.2 Å². The lowest BCUT2D eigenvalue weighted by atomic mass is 9.48. The predicted molar refractivity (Wildman–Crippen MR) is 183 cm³/mol. The van der Waals surface area contributed by atoms with Crippen molar-refractivity contribution in [3.8, 4) is 5.75 Å². The molecule has 0 unspecified atom stereocenters. The third-order valence-corrected chi connectivity index (χ3v) is 11.3. The molecule has 4 aromatic carbocycles. The first kappa shape index (κ1) is 29.5. The van der Waals surface area contributed by atoms with Crippen molar-refractivity contribution in [2.24, 2.45) is 17.8 Å². The van der Waals surface area contributed by atoms with Gasteiger partial charge in [0.2, 0.25) is 0 Å². The fraction of sp³-hybridized carbons (Fsp3) is 0.289. The molecular weight excluding hydrogens is 664 g/mol. The third kappa shape index (κ3) is 5.14. The lowest BCUT2D eigenvalue weighted by Gasteiger charge is -2.57. The molecule has 5 fully saturated rings. The average molecular weight is 696 g/mol. The van der Waals surface area contributed by atoms with Crippen LogP contribution >= 0.6 is 27.5 Å². The van der Waals surface area contributed by atoms with Gasteiger partial charge in [0.15, 0.2) is 5.75 Å². The number of carbonyl (C=O) groups is 3. The maximum atomic E-state index is 13.7. The van der Waals surface area contributed by atoms with Crippen molar-refractivity contribution in [3.05, 3.63) is 111 Å². The number of benzene rings is 4. The first-order valence-electron chi connectivity index (χ1n) is 15.9. The lowest BCUT2D eigenvalue weighted by Crippen LogP contribution is -2.54. The second kappa shape index (κ2) is 11.4. The lowest BCUT2D eigenvalue weighted by molar-refractivity contribution is -0.122. The van der Waals surface area contributed by atoms with E-state index in [-0.39, 0.29) is 11.0 Å². The smallest absolute Gasteiger partial charge is 0.335 e. The van der Waals surface area contributed by atoms with E-state index in [2.05, 4.69) is 51.6 Å². The number of fused-ring (bicyclic) bond motifs is 1. The Hall–Kier alpha value is -3.94. The van der Waals surface area contributed by atoms with Gasteiger partial charge < -0.3 is 4.74 Å². The number of imide groups is 2. The second-order valence-corrected chi connectivity index (χ2v) is 14.7. The summed E-state index contributed by atoms with van der Waals surface area (Å²) in [6.45, 7) is 0.305. The molecule has 8 heteroatoms. The van der Waals surface area contributed by atoms with Crippen LogP contribution in [0.5, 0.6) is 5.75 Å². The SMILES string of the molecule is O=C1NC(=O)N(c2ccc(C34CC5CC(CC(C5)C3)C4)cc2)C(=O)/C1=C/c1cc(Cl)c(OCc2cccc3ccccc23)c(Br)c1. The van der Waals surface area contributed by atoms with E-state index in [9.17, 15) is 14.4 Å². The monoisotopic (exact) mass is 694 g/mol. The summed E-state index contributed by atoms with van der Waals surface area (Å²) >= 11 is 10.2. The van der Waals surface area contributed by atoms with Crippen LogP contribution in [0.2, 0.25) is 5.02 Å². The molecule has 0 atom stereocenters. The van der Waals surface area contributed by atoms with E-state index in [0.29, 0.717) is 33.1 Å². The van der Waals surface area contributed by atoms with Crippen molar-refractivity contribution >= 4 is 67.9 Å². The minimum absolute atomic E-state index is 0.155. The fourth-order valence-corrected chi connectivity index (χ4v) is 9.84. The van der Waals surface area contributed by atoms with Crippen LogP contribution in [0.1, 0.15) is 55.2 Å². The van der Waals surface area contributed by atoms with Gasteiger partial charge in [0.05, 0.1) is 15.2 Å². The van der Waals surface area contributed by atoms with Crippen LogP contribution in [-0.2, 0) is 21.6 Å². The van der Waals surface area contributed by atoms with Gasteiger partial charge in [-0.05, 0) is 135 Å². The van der Waals surface area contributed by atoms with Crippen molar-refractivity contribution < 1.29 is 19.1 Å². The molecule has 1 aliphatic heterocycles. The Morgan fingerprint density at radius 3 is 2.26 bits per heavy atom. The van der Waals surface area contributed by atoms with Gasteiger partial charge in [0.25, 0.3) is 11.8 Å². The summed E-state index contributed by atoms with van der Waals surface area (Å²) in [5.74, 6) is 1.47. The second-order valence-electron chi connectivity index (χ2n) is 13.4. The molecular formula is C38H32BrClN2O4. The third-order valence-electron chi connectivity index (χ3n) is 10.5. The summed E-state index contributed by atoms with van der Waals surface area (Å²) in [6, 6.07) is 24.6. The normalized spacial score (nSPS) is 26.2. The zero-order chi connectivity index (χ0) is 31.6. The molecule has 4 aromatic rings. The molecule has 1 saturated heterocycles. The zero-order valence-electron chi connectivity index (χ0n) is 25.1. The molecule has 1 heterocycles. The van der Waals surface area contributed by atoms with Crippen LogP contribution in [0.4, 0.5) is 10.5 Å². The minimum Gasteiger partial charge on any atom is -0.486 e. The highest BCUT2D eigenvalue weighted by Crippen LogP contribution is 2.60. The molecule has 1 N–H and O–H groups in total. The highest BCUT2D eigenvalue weighted by Gasteiger charge is 2.51. The first-order valence-corrected chi connectivity index (χ1v) is 17.0. The van der Waals surface area contributed by atoms with Crippen molar-refractivity contribution in [2.45, 2.75) is 50.5 Å². The van der Waals surface area contributed by atoms with Gasteiger partial charge in [-0.15, -0.1) is 0 Å². The predicted octanol–water partition coefficient (Wildman–Crippen LogP) is 8.97. The van der Waals surface area contributed by atoms with E-state index in [1.54, 1.807) is 12.1 Å². The van der Waals surface area contributed by atoms with Crippen molar-refractivity contribution in [3.63, 3.8) is 0 Å². The Bertz CT molecular complexity index is 1890. The quantitative estimate of drug-likeness (QED) is 0.161. The first-order chi connectivity index (χ1) is 22.3. The average Bonchev–Trinajstić information content (AvgIpc) is 3.02. The summed E-state index contributed by atoms with van der Waals surface area (Å²) in [5.41, 5.74) is 3.32. The highest BCUT2D eigenvalue weighted by molar-refractivity contribution is 9.10. The summed E-state index contributed by atoms with van der Waals surface area (Å²) in [6.07, 6.45) is 9.24. The van der Waals surface area contributed by atoms with Gasteiger partial charge in [-0.3, -0.25) is 14.9 Å². The summed E-state index contributed by atoms with van der Waals surface area (Å²) in [7, 11) is 0. The molecule has 4 amide bonds. The molecule has 4 saturated carbocycles. The zero-order valence-corrected chi connectivity index (χ0v) is 27.4. The number of nitrogens with one attached hydrogen (secondary N) is 1. The number of hydrogen-bond acceptors (Lipinski definition) is 4. The van der Waals surface area contributed by atoms with E-state index in [1.807, 2.05) is 36.4 Å². The highest BCUT2D eigenvalue weighted by atomic mass is 79.9. The summed E-state index contributed by atoms with van der Waals surface area (Å²) in [4.78, 5) is 40.5. The van der Waals surface area contributed by atoms with Crippen LogP contribution in [-0.4, -0.2) is 17.8 Å². The standard InChI is InChI=1S/C38H32BrClN2O4/c39-32-16-22(17-33(40)34(32)46-21-27-6-3-5-26-4-1-2-7-30(26)27)15-31-35(43)41-37(45)42(36(31)44)29-10-8-28(9-11-29)38-18-23-12-24(19-38)14-25(13-23)20-38/h1-11,15-17,23-25H,12-14,18-21H2,(H,41,43,45)/b31-15+. The van der Waals surface area contributed by atoms with Gasteiger partial charge in [-0.2, -0.15) is 0 Å². The summed E-state index contributed by atoms with van der Waals surface area (Å²) in [5, 5.41) is 4.87. The number of carbonyl (C=O) groups excluding carboxylic acids is 3. The molecule has 46 heavy (non-hydrogen) atoms. The molecule has 9 rings (SSSR count). The molecule has 0 spiro atoms. The molecule has 0 radical (unpaired) electrons. The largest absolute Gasteiger partial charge is 0.486 e. The maximum absolute atomic E-state index is 13.7. The van der Waals surface area contributed by atoms with Crippen molar-refractivity contribution in [1.29, 1.82) is 0 Å². The molecule has 232 valence electrons. The number of halogens is 2. The van der Waals surface area contributed by atoms with E-state index in [1.165, 1.54) is 50.2 Å². The Balaban J connectivity index is 1.03. The van der Waals surface area contributed by atoms with Crippen LogP contribution in [0.15, 0.2) is 88.9 Å². The van der Waals surface area contributed by atoms with Gasteiger partial charge in [0, 0.05) is 0 Å². The van der Waals surface area contributed by atoms with Crippen molar-refractivity contribution in [1.82, 2.24) is 5.32 Å². The number of amides is 4. The molecule has 6 nitrogen and oxygen atoms in total. The number of anilines is 1. The Morgan fingerprint density at radius 1 is 0.891 bits per heavy atom. The fourth-order valence-electron chi connectivity index (χ4n) is 8.86. The summed E-state index contributed by atoms with van der Waals surface area (Å²) < 4.78 is 6.70. The maximum Gasteiger partial charge on any atom is 0.335 e. The van der Waals surface area contributed by atoms with E-state index in [4.69, 9.17) is 16.3 Å². The Kier molecular flexibility index (Phi) is 7.29. The molecule has 4 bridgehead atoms. The van der Waals surface area contributed by atoms with Crippen LogP contribution < -0.4 is 15.0 Å². The van der Waals surface area contributed by atoms with Crippen molar-refractivity contribution in [2.75, 3.05) is 4.90 Å². The van der Waals surface area contributed by atoms with Gasteiger partial charge >= 0.3 is 6.03 Å². The Morgan fingerprint density at radius 2 is 1.57 bits per heavy atom. The van der Waals surface area contributed by atoms with E-state index < -0.39 is 17.8 Å². The number of nitrogens with zero attached hydrogens (tertiary/aromatic N) is 1. The number of ether oxygens (including phenoxy) is 1. The van der Waals surface area contributed by atoms with E-state index >= 15 is 0 Å². The van der Waals surface area contributed by atoms with Gasteiger partial charge in [-0.25, -0.2) is 9.69 Å². The van der Waals surface area contributed by atoms with Crippen LogP contribution in [0, 0.1) is 17.8 Å². The molecule has 5 aliphatic rings. The Labute approximate surface area is 280 Å². The molecule has 4 aliphatic carbocycles. The van der Waals surface area contributed by atoms with Crippen LogP contribution in [0.3, 0.4) is 0 Å². The number of hydrogen-bond donors (Lipinski definition) is 1. The number of urea groups is 1. The van der Waals surface area contributed by atoms with Gasteiger partial charge in [-0.1, -0.05) is 66.2 Å². The van der Waals surface area contributed by atoms with E-state index in [0.717, 1.165) is 39.0 Å². The van der Waals surface area contributed by atoms with Crippen LogP contribution in [0.25, 0.3) is 16.8 Å².